The Hall–Kier alpha value is -1.78. The Kier molecular flexibility index (Phi) is 5.97. The van der Waals surface area contributed by atoms with Crippen LogP contribution in [0.2, 0.25) is 0 Å². The molecule has 0 aliphatic rings. The standard InChI is InChI=1S/C13H21N3O2/c1-4-10(2)16-12(17)6-8-14-11-5-7-15-13(9-11)18-3/h5,7,9-10H,4,6,8H2,1-3H3,(H,14,15)(H,16,17). The van der Waals surface area contributed by atoms with E-state index in [2.05, 4.69) is 15.6 Å². The van der Waals surface area contributed by atoms with Gasteiger partial charge in [-0.15, -0.1) is 0 Å². The van der Waals surface area contributed by atoms with Gasteiger partial charge in [-0.05, 0) is 19.4 Å². The molecular weight excluding hydrogens is 230 g/mol. The molecule has 0 spiro atoms. The van der Waals surface area contributed by atoms with E-state index in [-0.39, 0.29) is 11.9 Å². The maximum absolute atomic E-state index is 11.5. The smallest absolute Gasteiger partial charge is 0.221 e. The molecule has 1 heterocycles. The first-order valence-corrected chi connectivity index (χ1v) is 6.19. The van der Waals surface area contributed by atoms with E-state index in [9.17, 15) is 4.79 Å². The quantitative estimate of drug-likeness (QED) is 0.775. The molecule has 1 aromatic rings. The number of ether oxygens (including phenoxy) is 1. The first kappa shape index (κ1) is 14.3. The first-order valence-electron chi connectivity index (χ1n) is 6.19. The number of nitrogens with one attached hydrogen (secondary N) is 2. The summed E-state index contributed by atoms with van der Waals surface area (Å²) in [5, 5.41) is 6.08. The fourth-order valence-electron chi connectivity index (χ4n) is 1.40. The SMILES string of the molecule is CCC(C)NC(=O)CCNc1ccnc(OC)c1. The molecule has 0 saturated carbocycles. The van der Waals surface area contributed by atoms with Gasteiger partial charge in [-0.3, -0.25) is 4.79 Å². The predicted octanol–water partition coefficient (Wildman–Crippen LogP) is 1.81. The van der Waals surface area contributed by atoms with E-state index < -0.39 is 0 Å². The molecule has 5 nitrogen and oxygen atoms in total. The van der Waals surface area contributed by atoms with Crippen LogP contribution < -0.4 is 15.4 Å². The number of hydrogen-bond acceptors (Lipinski definition) is 4. The van der Waals surface area contributed by atoms with Gasteiger partial charge >= 0.3 is 0 Å². The van der Waals surface area contributed by atoms with Crippen LogP contribution in [0, 0.1) is 0 Å². The van der Waals surface area contributed by atoms with Crippen molar-refractivity contribution < 1.29 is 9.53 Å². The molecule has 18 heavy (non-hydrogen) atoms. The zero-order valence-corrected chi connectivity index (χ0v) is 11.2. The lowest BCUT2D eigenvalue weighted by atomic mass is 10.2. The number of methoxy groups -OCH3 is 1. The molecule has 0 bridgehead atoms. The van der Waals surface area contributed by atoms with Gasteiger partial charge in [-0.25, -0.2) is 4.98 Å². The van der Waals surface area contributed by atoms with E-state index in [0.717, 1.165) is 12.1 Å². The van der Waals surface area contributed by atoms with E-state index in [4.69, 9.17) is 4.74 Å². The number of aromatic nitrogens is 1. The highest BCUT2D eigenvalue weighted by atomic mass is 16.5. The Morgan fingerprint density at radius 2 is 2.33 bits per heavy atom. The van der Waals surface area contributed by atoms with Crippen LogP contribution >= 0.6 is 0 Å². The highest BCUT2D eigenvalue weighted by Gasteiger charge is 2.04. The average Bonchev–Trinajstić information content (AvgIpc) is 2.38. The van der Waals surface area contributed by atoms with Crippen molar-refractivity contribution in [1.82, 2.24) is 10.3 Å². The molecule has 5 heteroatoms. The molecule has 0 fully saturated rings. The molecule has 0 aliphatic carbocycles. The number of amides is 1. The van der Waals surface area contributed by atoms with E-state index in [1.165, 1.54) is 0 Å². The molecule has 100 valence electrons. The van der Waals surface area contributed by atoms with E-state index in [1.807, 2.05) is 19.9 Å². The molecule has 1 atom stereocenters. The lowest BCUT2D eigenvalue weighted by Gasteiger charge is -2.12. The van der Waals surface area contributed by atoms with Crippen LogP contribution in [-0.2, 0) is 4.79 Å². The van der Waals surface area contributed by atoms with Gasteiger partial charge < -0.3 is 15.4 Å². The summed E-state index contributed by atoms with van der Waals surface area (Å²) in [4.78, 5) is 15.5. The van der Waals surface area contributed by atoms with Crippen molar-refractivity contribution in [1.29, 1.82) is 0 Å². The number of carbonyl (C=O) groups is 1. The Morgan fingerprint density at radius 1 is 1.56 bits per heavy atom. The van der Waals surface area contributed by atoms with Gasteiger partial charge in [-0.2, -0.15) is 0 Å². The van der Waals surface area contributed by atoms with Crippen LogP contribution in [0.5, 0.6) is 5.88 Å². The van der Waals surface area contributed by atoms with Crippen LogP contribution in [0.25, 0.3) is 0 Å². The third kappa shape index (κ3) is 5.03. The topological polar surface area (TPSA) is 63.2 Å². The predicted molar refractivity (Wildman–Crippen MR) is 71.8 cm³/mol. The van der Waals surface area contributed by atoms with Gasteiger partial charge in [0.05, 0.1) is 7.11 Å². The number of rotatable bonds is 7. The summed E-state index contributed by atoms with van der Waals surface area (Å²) in [6, 6.07) is 3.88. The van der Waals surface area contributed by atoms with Crippen LogP contribution in [0.4, 0.5) is 5.69 Å². The molecule has 0 aliphatic heterocycles. The molecule has 0 saturated heterocycles. The summed E-state index contributed by atoms with van der Waals surface area (Å²) < 4.78 is 5.02. The summed E-state index contributed by atoms with van der Waals surface area (Å²) in [5.74, 6) is 0.627. The lowest BCUT2D eigenvalue weighted by Crippen LogP contribution is -2.32. The summed E-state index contributed by atoms with van der Waals surface area (Å²) in [6.45, 7) is 4.64. The second-order valence-electron chi connectivity index (χ2n) is 4.14. The molecule has 2 N–H and O–H groups in total. The van der Waals surface area contributed by atoms with Crippen LogP contribution in [-0.4, -0.2) is 30.6 Å². The van der Waals surface area contributed by atoms with Gasteiger partial charge in [-0.1, -0.05) is 6.92 Å². The lowest BCUT2D eigenvalue weighted by molar-refractivity contribution is -0.121. The van der Waals surface area contributed by atoms with E-state index in [0.29, 0.717) is 18.8 Å². The van der Waals surface area contributed by atoms with Gasteiger partial charge in [0.15, 0.2) is 0 Å². The van der Waals surface area contributed by atoms with Crippen LogP contribution in [0.1, 0.15) is 26.7 Å². The Labute approximate surface area is 108 Å². The van der Waals surface area contributed by atoms with Crippen molar-refractivity contribution in [3.63, 3.8) is 0 Å². The van der Waals surface area contributed by atoms with Crippen molar-refractivity contribution in [2.45, 2.75) is 32.7 Å². The third-order valence-electron chi connectivity index (χ3n) is 2.64. The molecule has 0 radical (unpaired) electrons. The van der Waals surface area contributed by atoms with Crippen molar-refractivity contribution in [3.8, 4) is 5.88 Å². The number of nitrogens with zero attached hydrogens (tertiary/aromatic N) is 1. The van der Waals surface area contributed by atoms with E-state index >= 15 is 0 Å². The Balaban J connectivity index is 2.30. The normalized spacial score (nSPS) is 11.7. The molecule has 1 amide bonds. The minimum Gasteiger partial charge on any atom is -0.481 e. The summed E-state index contributed by atoms with van der Waals surface area (Å²) in [7, 11) is 1.58. The van der Waals surface area contributed by atoms with Gasteiger partial charge in [0.2, 0.25) is 11.8 Å². The number of anilines is 1. The molecule has 1 aromatic heterocycles. The van der Waals surface area contributed by atoms with Crippen LogP contribution in [0.3, 0.4) is 0 Å². The minimum absolute atomic E-state index is 0.0675. The fourth-order valence-corrected chi connectivity index (χ4v) is 1.40. The van der Waals surface area contributed by atoms with Crippen molar-refractivity contribution >= 4 is 11.6 Å². The minimum atomic E-state index is 0.0675. The average molecular weight is 251 g/mol. The maximum Gasteiger partial charge on any atom is 0.221 e. The van der Waals surface area contributed by atoms with Crippen molar-refractivity contribution in [2.75, 3.05) is 19.0 Å². The zero-order valence-electron chi connectivity index (χ0n) is 11.2. The first-order chi connectivity index (χ1) is 8.65. The number of pyridine rings is 1. The van der Waals surface area contributed by atoms with E-state index in [1.54, 1.807) is 19.4 Å². The largest absolute Gasteiger partial charge is 0.481 e. The summed E-state index contributed by atoms with van der Waals surface area (Å²) >= 11 is 0. The van der Waals surface area contributed by atoms with Crippen molar-refractivity contribution in [3.05, 3.63) is 18.3 Å². The number of carbonyl (C=O) groups excluding carboxylic acids is 1. The van der Waals surface area contributed by atoms with Crippen LogP contribution in [0.15, 0.2) is 18.3 Å². The Bertz CT molecular complexity index is 382. The van der Waals surface area contributed by atoms with Gasteiger partial charge in [0.25, 0.3) is 0 Å². The van der Waals surface area contributed by atoms with Gasteiger partial charge in [0, 0.05) is 37.0 Å². The zero-order chi connectivity index (χ0) is 13.4. The van der Waals surface area contributed by atoms with Crippen molar-refractivity contribution in [2.24, 2.45) is 0 Å². The second kappa shape index (κ2) is 7.53. The summed E-state index contributed by atoms with van der Waals surface area (Å²) in [6.07, 6.45) is 3.07. The third-order valence-corrected chi connectivity index (χ3v) is 2.64. The second-order valence-corrected chi connectivity index (χ2v) is 4.14. The summed E-state index contributed by atoms with van der Waals surface area (Å²) in [5.41, 5.74) is 0.901. The Morgan fingerprint density at radius 3 is 3.00 bits per heavy atom. The molecular formula is C13H21N3O2. The molecule has 1 unspecified atom stereocenters. The molecule has 0 aromatic carbocycles. The van der Waals surface area contributed by atoms with Gasteiger partial charge in [0.1, 0.15) is 0 Å². The maximum atomic E-state index is 11.5. The molecule has 1 rings (SSSR count). The highest BCUT2D eigenvalue weighted by molar-refractivity contribution is 5.76. The fraction of sp³-hybridized carbons (Fsp3) is 0.538. The highest BCUT2D eigenvalue weighted by Crippen LogP contribution is 2.12. The number of hydrogen-bond donors (Lipinski definition) is 2. The monoisotopic (exact) mass is 251 g/mol.